The van der Waals surface area contributed by atoms with Gasteiger partial charge in [0.05, 0.1) is 11.3 Å². The van der Waals surface area contributed by atoms with Crippen molar-refractivity contribution < 1.29 is 0 Å². The Hall–Kier alpha value is -1.69. The lowest BCUT2D eigenvalue weighted by molar-refractivity contribution is 0.467. The number of nitrogens with two attached hydrogens (primary N) is 1. The van der Waals surface area contributed by atoms with Gasteiger partial charge in [-0.25, -0.2) is 0 Å². The molecule has 0 heterocycles. The molecule has 0 aromatic heterocycles. The number of nitriles is 1. The Balaban J connectivity index is 1.65. The van der Waals surface area contributed by atoms with E-state index in [1.165, 1.54) is 25.7 Å². The molecule has 0 bridgehead atoms. The van der Waals surface area contributed by atoms with Crippen LogP contribution in [0.4, 0.5) is 11.4 Å². The lowest BCUT2D eigenvalue weighted by Crippen LogP contribution is -2.17. The molecule has 88 valence electrons. The average molecular weight is 227 g/mol. The van der Waals surface area contributed by atoms with E-state index in [9.17, 15) is 0 Å². The van der Waals surface area contributed by atoms with Crippen LogP contribution in [0.3, 0.4) is 0 Å². The molecule has 2 saturated carbocycles. The maximum atomic E-state index is 8.81. The highest BCUT2D eigenvalue weighted by Crippen LogP contribution is 2.61. The Morgan fingerprint density at radius 3 is 2.71 bits per heavy atom. The van der Waals surface area contributed by atoms with Crippen molar-refractivity contribution in [2.45, 2.75) is 25.7 Å². The summed E-state index contributed by atoms with van der Waals surface area (Å²) >= 11 is 0. The van der Waals surface area contributed by atoms with Crippen LogP contribution in [-0.2, 0) is 0 Å². The van der Waals surface area contributed by atoms with Crippen molar-refractivity contribution in [3.05, 3.63) is 23.8 Å². The SMILES string of the molecule is N#Cc1ccc(NCC2(C3CC3)CC2)cc1N. The lowest BCUT2D eigenvalue weighted by Gasteiger charge is -2.16. The third-order valence-electron chi connectivity index (χ3n) is 4.15. The Bertz CT molecular complexity index is 479. The predicted molar refractivity (Wildman–Crippen MR) is 68.5 cm³/mol. The van der Waals surface area contributed by atoms with E-state index in [4.69, 9.17) is 11.0 Å². The molecule has 0 radical (unpaired) electrons. The highest BCUT2D eigenvalue weighted by molar-refractivity contribution is 5.62. The summed E-state index contributed by atoms with van der Waals surface area (Å²) < 4.78 is 0. The number of nitrogen functional groups attached to an aromatic ring is 1. The van der Waals surface area contributed by atoms with Gasteiger partial charge in [0.1, 0.15) is 6.07 Å². The standard InChI is InChI=1S/C14H17N3/c15-8-10-1-4-12(7-13(10)16)17-9-14(5-6-14)11-2-3-11/h1,4,7,11,17H,2-3,5-6,9,16H2. The number of hydrogen-bond acceptors (Lipinski definition) is 3. The number of rotatable bonds is 4. The second-order valence-corrected chi connectivity index (χ2v) is 5.40. The molecule has 3 rings (SSSR count). The summed E-state index contributed by atoms with van der Waals surface area (Å²) in [7, 11) is 0. The summed E-state index contributed by atoms with van der Waals surface area (Å²) in [6.07, 6.45) is 5.57. The molecule has 0 aliphatic heterocycles. The first-order valence-electron chi connectivity index (χ1n) is 6.27. The van der Waals surface area contributed by atoms with Crippen LogP contribution < -0.4 is 11.1 Å². The molecule has 1 aromatic rings. The average Bonchev–Trinajstić information content (AvgIpc) is 3.17. The molecule has 3 nitrogen and oxygen atoms in total. The molecule has 2 aliphatic carbocycles. The second kappa shape index (κ2) is 3.66. The third-order valence-corrected chi connectivity index (χ3v) is 4.15. The number of hydrogen-bond donors (Lipinski definition) is 2. The van der Waals surface area contributed by atoms with Gasteiger partial charge in [-0.15, -0.1) is 0 Å². The van der Waals surface area contributed by atoms with Crippen LogP contribution >= 0.6 is 0 Å². The summed E-state index contributed by atoms with van der Waals surface area (Å²) in [4.78, 5) is 0. The van der Waals surface area contributed by atoms with E-state index >= 15 is 0 Å². The Kier molecular flexibility index (Phi) is 2.25. The molecule has 0 saturated heterocycles. The Morgan fingerprint density at radius 1 is 1.41 bits per heavy atom. The highest BCUT2D eigenvalue weighted by Gasteiger charge is 2.53. The van der Waals surface area contributed by atoms with Crippen LogP contribution in [0.25, 0.3) is 0 Å². The minimum Gasteiger partial charge on any atom is -0.398 e. The molecule has 1 aromatic carbocycles. The van der Waals surface area contributed by atoms with Gasteiger partial charge < -0.3 is 11.1 Å². The maximum absolute atomic E-state index is 8.81. The van der Waals surface area contributed by atoms with Gasteiger partial charge in [-0.1, -0.05) is 0 Å². The van der Waals surface area contributed by atoms with E-state index in [-0.39, 0.29) is 0 Å². The smallest absolute Gasteiger partial charge is 0.101 e. The molecular weight excluding hydrogens is 210 g/mol. The van der Waals surface area contributed by atoms with E-state index in [1.54, 1.807) is 6.07 Å². The zero-order chi connectivity index (χ0) is 11.9. The van der Waals surface area contributed by atoms with Crippen molar-refractivity contribution in [3.8, 4) is 6.07 Å². The zero-order valence-corrected chi connectivity index (χ0v) is 9.87. The van der Waals surface area contributed by atoms with Crippen LogP contribution in [0.1, 0.15) is 31.2 Å². The van der Waals surface area contributed by atoms with E-state index in [0.29, 0.717) is 16.7 Å². The molecule has 0 amide bonds. The van der Waals surface area contributed by atoms with Crippen LogP contribution in [0.2, 0.25) is 0 Å². The van der Waals surface area contributed by atoms with E-state index in [1.807, 2.05) is 12.1 Å². The number of nitrogens with one attached hydrogen (secondary N) is 1. The summed E-state index contributed by atoms with van der Waals surface area (Å²) in [5.74, 6) is 0.964. The van der Waals surface area contributed by atoms with Gasteiger partial charge in [-0.3, -0.25) is 0 Å². The van der Waals surface area contributed by atoms with Crippen molar-refractivity contribution in [2.24, 2.45) is 11.3 Å². The monoisotopic (exact) mass is 227 g/mol. The molecule has 3 heteroatoms. The number of benzene rings is 1. The van der Waals surface area contributed by atoms with Crippen LogP contribution in [0.15, 0.2) is 18.2 Å². The fourth-order valence-electron chi connectivity index (χ4n) is 2.64. The fourth-order valence-corrected chi connectivity index (χ4v) is 2.64. The van der Waals surface area contributed by atoms with E-state index < -0.39 is 0 Å². The fraction of sp³-hybridized carbons (Fsp3) is 0.500. The molecule has 2 aliphatic rings. The van der Waals surface area contributed by atoms with Crippen molar-refractivity contribution >= 4 is 11.4 Å². The van der Waals surface area contributed by atoms with Gasteiger partial charge in [0, 0.05) is 12.2 Å². The first kappa shape index (κ1) is 10.5. The quantitative estimate of drug-likeness (QED) is 0.777. The minimum atomic E-state index is 0.555. The molecule has 0 atom stereocenters. The van der Waals surface area contributed by atoms with Crippen molar-refractivity contribution in [3.63, 3.8) is 0 Å². The minimum absolute atomic E-state index is 0.555. The third kappa shape index (κ3) is 1.95. The number of anilines is 2. The van der Waals surface area contributed by atoms with Crippen molar-refractivity contribution in [1.82, 2.24) is 0 Å². The van der Waals surface area contributed by atoms with Crippen molar-refractivity contribution in [2.75, 3.05) is 17.6 Å². The molecule has 2 fully saturated rings. The summed E-state index contributed by atoms with van der Waals surface area (Å²) in [6, 6.07) is 7.67. The second-order valence-electron chi connectivity index (χ2n) is 5.40. The van der Waals surface area contributed by atoms with Gasteiger partial charge in [-0.2, -0.15) is 5.26 Å². The molecular formula is C14H17N3. The van der Waals surface area contributed by atoms with E-state index in [0.717, 1.165) is 18.2 Å². The normalized spacial score (nSPS) is 20.6. The van der Waals surface area contributed by atoms with Crippen molar-refractivity contribution in [1.29, 1.82) is 5.26 Å². The van der Waals surface area contributed by atoms with Gasteiger partial charge in [-0.05, 0) is 55.2 Å². The highest BCUT2D eigenvalue weighted by atomic mass is 14.9. The topological polar surface area (TPSA) is 61.8 Å². The largest absolute Gasteiger partial charge is 0.398 e. The summed E-state index contributed by atoms with van der Waals surface area (Å²) in [5, 5.41) is 12.3. The number of nitrogens with zero attached hydrogens (tertiary/aromatic N) is 1. The summed E-state index contributed by atoms with van der Waals surface area (Å²) in [6.45, 7) is 1.06. The molecule has 3 N–H and O–H groups in total. The zero-order valence-electron chi connectivity index (χ0n) is 9.87. The first-order valence-corrected chi connectivity index (χ1v) is 6.27. The molecule has 0 spiro atoms. The lowest BCUT2D eigenvalue weighted by atomic mass is 10.0. The van der Waals surface area contributed by atoms with Crippen LogP contribution in [0.5, 0.6) is 0 Å². The van der Waals surface area contributed by atoms with Gasteiger partial charge in [0.15, 0.2) is 0 Å². The van der Waals surface area contributed by atoms with Crippen LogP contribution in [0, 0.1) is 22.7 Å². The van der Waals surface area contributed by atoms with Crippen LogP contribution in [-0.4, -0.2) is 6.54 Å². The van der Waals surface area contributed by atoms with E-state index in [2.05, 4.69) is 11.4 Å². The van der Waals surface area contributed by atoms with Gasteiger partial charge in [0.25, 0.3) is 0 Å². The Labute approximate surface area is 102 Å². The predicted octanol–water partition coefficient (Wildman–Crippen LogP) is 2.74. The first-order chi connectivity index (χ1) is 8.23. The van der Waals surface area contributed by atoms with Gasteiger partial charge in [0.2, 0.25) is 0 Å². The molecule has 17 heavy (non-hydrogen) atoms. The molecule has 0 unspecified atom stereocenters. The summed E-state index contributed by atoms with van der Waals surface area (Å²) in [5.41, 5.74) is 8.54. The Morgan fingerprint density at radius 2 is 2.18 bits per heavy atom. The van der Waals surface area contributed by atoms with Gasteiger partial charge >= 0.3 is 0 Å². The maximum Gasteiger partial charge on any atom is 0.101 e.